The van der Waals surface area contributed by atoms with E-state index in [-0.39, 0.29) is 9.79 Å². The van der Waals surface area contributed by atoms with E-state index in [2.05, 4.69) is 85.8 Å². The van der Waals surface area contributed by atoms with Crippen LogP contribution in [0.3, 0.4) is 0 Å². The highest BCUT2D eigenvalue weighted by Gasteiger charge is 2.49. The molecule has 0 bridgehead atoms. The Morgan fingerprint density at radius 3 is 1.83 bits per heavy atom. The van der Waals surface area contributed by atoms with Gasteiger partial charge >= 0.3 is 0 Å². The van der Waals surface area contributed by atoms with Gasteiger partial charge in [-0.3, -0.25) is 0 Å². The molecule has 2 aromatic rings. The lowest BCUT2D eigenvalue weighted by Crippen LogP contribution is -2.66. The van der Waals surface area contributed by atoms with E-state index in [1.54, 1.807) is 6.21 Å². The minimum Gasteiger partial charge on any atom is -0.407 e. The van der Waals surface area contributed by atoms with Gasteiger partial charge in [0.1, 0.15) is 11.0 Å². The van der Waals surface area contributed by atoms with E-state index in [9.17, 15) is 4.21 Å². The largest absolute Gasteiger partial charge is 0.407 e. The maximum absolute atomic E-state index is 12.0. The van der Waals surface area contributed by atoms with Crippen LogP contribution in [0.15, 0.2) is 77.2 Å². The molecule has 0 amide bonds. The van der Waals surface area contributed by atoms with Gasteiger partial charge in [-0.2, -0.15) is 4.40 Å². The zero-order valence-electron chi connectivity index (χ0n) is 19.1. The first-order chi connectivity index (χ1) is 14.1. The van der Waals surface area contributed by atoms with E-state index < -0.39 is 19.3 Å². The van der Waals surface area contributed by atoms with Crippen molar-refractivity contribution >= 4 is 35.9 Å². The molecule has 2 rings (SSSR count). The van der Waals surface area contributed by atoms with Crippen LogP contribution in [0.1, 0.15) is 48.0 Å². The molecular formula is C25H35NO2SSi. The van der Waals surface area contributed by atoms with Gasteiger partial charge in [0.2, 0.25) is 0 Å². The molecule has 0 spiro atoms. The van der Waals surface area contributed by atoms with Crippen molar-refractivity contribution in [2.45, 2.75) is 57.7 Å². The number of hydrogen-bond acceptors (Lipinski definition) is 2. The van der Waals surface area contributed by atoms with Crippen LogP contribution in [0.4, 0.5) is 0 Å². The Kier molecular flexibility index (Phi) is 8.53. The smallest absolute Gasteiger partial charge is 0.261 e. The van der Waals surface area contributed by atoms with Gasteiger partial charge in [-0.25, -0.2) is 4.21 Å². The molecular weight excluding hydrogens is 406 g/mol. The summed E-state index contributed by atoms with van der Waals surface area (Å²) < 4.78 is 22.6. The van der Waals surface area contributed by atoms with Crippen LogP contribution in [0.5, 0.6) is 0 Å². The first-order valence-electron chi connectivity index (χ1n) is 10.5. The Bertz CT molecular complexity index is 826. The topological polar surface area (TPSA) is 38.7 Å². The molecule has 30 heavy (non-hydrogen) atoms. The number of allylic oxidation sites excluding steroid dienone is 1. The quantitative estimate of drug-likeness (QED) is 0.327. The second-order valence-electron chi connectivity index (χ2n) is 9.34. The van der Waals surface area contributed by atoms with E-state index in [0.717, 1.165) is 6.42 Å². The summed E-state index contributed by atoms with van der Waals surface area (Å²) in [6.07, 6.45) is 6.29. The van der Waals surface area contributed by atoms with E-state index in [0.29, 0.717) is 6.61 Å². The summed E-state index contributed by atoms with van der Waals surface area (Å²) >= 11 is 0. The molecule has 0 aliphatic carbocycles. The van der Waals surface area contributed by atoms with Crippen molar-refractivity contribution in [3.05, 3.63) is 72.8 Å². The van der Waals surface area contributed by atoms with Crippen LogP contribution in [0, 0.1) is 0 Å². The molecule has 162 valence electrons. The molecule has 5 heteroatoms. The molecule has 0 aliphatic rings. The third-order valence-corrected chi connectivity index (χ3v) is 11.3. The summed E-state index contributed by atoms with van der Waals surface area (Å²) in [7, 11) is -3.70. The zero-order chi connectivity index (χ0) is 22.3. The Hall–Kier alpha value is -1.82. The summed E-state index contributed by atoms with van der Waals surface area (Å²) in [5.74, 6) is 0. The van der Waals surface area contributed by atoms with Crippen molar-refractivity contribution in [3.8, 4) is 0 Å². The van der Waals surface area contributed by atoms with Crippen LogP contribution in [0.25, 0.3) is 0 Å². The van der Waals surface area contributed by atoms with Crippen molar-refractivity contribution in [1.82, 2.24) is 0 Å². The fraction of sp³-hybridized carbons (Fsp3) is 0.400. The number of benzene rings is 2. The molecule has 1 unspecified atom stereocenters. The van der Waals surface area contributed by atoms with Crippen LogP contribution in [-0.2, 0) is 15.4 Å². The van der Waals surface area contributed by atoms with E-state index in [1.165, 1.54) is 10.4 Å². The maximum Gasteiger partial charge on any atom is 0.261 e. The fourth-order valence-corrected chi connectivity index (χ4v) is 8.52. The lowest BCUT2D eigenvalue weighted by Gasteiger charge is -2.43. The molecule has 0 aromatic heterocycles. The molecule has 2 aromatic carbocycles. The summed E-state index contributed by atoms with van der Waals surface area (Å²) in [6, 6.07) is 21.3. The summed E-state index contributed by atoms with van der Waals surface area (Å²) in [4.78, 5) is 0. The Balaban J connectivity index is 2.20. The third kappa shape index (κ3) is 6.09. The molecule has 0 radical (unpaired) electrons. The fourth-order valence-electron chi connectivity index (χ4n) is 3.45. The van der Waals surface area contributed by atoms with Crippen LogP contribution >= 0.6 is 0 Å². The lowest BCUT2D eigenvalue weighted by atomic mass is 10.2. The predicted molar refractivity (Wildman–Crippen MR) is 134 cm³/mol. The number of nitrogens with zero attached hydrogens (tertiary/aromatic N) is 1. The Morgan fingerprint density at radius 1 is 0.900 bits per heavy atom. The molecule has 0 saturated carbocycles. The van der Waals surface area contributed by atoms with Gasteiger partial charge in [0, 0.05) is 12.8 Å². The molecule has 3 nitrogen and oxygen atoms in total. The van der Waals surface area contributed by atoms with E-state index >= 15 is 0 Å². The Labute approximate surface area is 186 Å². The zero-order valence-corrected chi connectivity index (χ0v) is 20.9. The van der Waals surface area contributed by atoms with Crippen molar-refractivity contribution in [1.29, 1.82) is 0 Å². The molecule has 0 aliphatic heterocycles. The van der Waals surface area contributed by atoms with Gasteiger partial charge in [-0.05, 0) is 48.7 Å². The second kappa shape index (κ2) is 10.5. The first-order valence-corrected chi connectivity index (χ1v) is 13.5. The highest BCUT2D eigenvalue weighted by molar-refractivity contribution is 7.85. The van der Waals surface area contributed by atoms with Crippen LogP contribution < -0.4 is 10.4 Å². The van der Waals surface area contributed by atoms with Crippen molar-refractivity contribution < 1.29 is 8.63 Å². The number of hydrogen-bond donors (Lipinski definition) is 0. The SMILES string of the molecule is CC(C)(C)S(=O)/N=C/C=C/CCO[Si](c1ccccc1)(c1ccccc1)C(C)(C)C. The van der Waals surface area contributed by atoms with Gasteiger partial charge in [0.05, 0.1) is 4.75 Å². The first kappa shape index (κ1) is 24.4. The third-order valence-electron chi connectivity index (χ3n) is 4.92. The van der Waals surface area contributed by atoms with E-state index in [4.69, 9.17) is 4.43 Å². The predicted octanol–water partition coefficient (Wildman–Crippen LogP) is 5.04. The molecule has 0 fully saturated rings. The monoisotopic (exact) mass is 441 g/mol. The maximum atomic E-state index is 12.0. The van der Waals surface area contributed by atoms with Gasteiger partial charge in [0.25, 0.3) is 8.32 Å². The lowest BCUT2D eigenvalue weighted by molar-refractivity contribution is 0.304. The van der Waals surface area contributed by atoms with Gasteiger partial charge in [-0.1, -0.05) is 87.5 Å². The highest BCUT2D eigenvalue weighted by Crippen LogP contribution is 2.36. The number of rotatable bonds is 8. The molecule has 1 atom stereocenters. The van der Waals surface area contributed by atoms with Gasteiger partial charge in [-0.15, -0.1) is 0 Å². The van der Waals surface area contributed by atoms with Crippen molar-refractivity contribution in [3.63, 3.8) is 0 Å². The normalized spacial score (nSPS) is 14.5. The Morgan fingerprint density at radius 2 is 1.40 bits per heavy atom. The van der Waals surface area contributed by atoms with Crippen LogP contribution in [-0.4, -0.2) is 30.1 Å². The highest BCUT2D eigenvalue weighted by atomic mass is 32.2. The minimum absolute atomic E-state index is 0.0233. The summed E-state index contributed by atoms with van der Waals surface area (Å²) in [5, 5.41) is 2.55. The second-order valence-corrected chi connectivity index (χ2v) is 15.6. The van der Waals surface area contributed by atoms with Crippen molar-refractivity contribution in [2.24, 2.45) is 4.40 Å². The standard InChI is InChI=1S/C25H35NO2SSi/c1-24(2,3)29(27)26-20-14-9-15-21-28-30(25(4,5)6,22-16-10-7-11-17-22)23-18-12-8-13-19-23/h7-14,16-20H,15,21H2,1-6H3/b14-9+,26-20+. The minimum atomic E-state index is -2.48. The van der Waals surface area contributed by atoms with Gasteiger partial charge in [0.15, 0.2) is 0 Å². The van der Waals surface area contributed by atoms with Crippen LogP contribution in [0.2, 0.25) is 5.04 Å². The average Bonchev–Trinajstić information content (AvgIpc) is 2.69. The molecule has 0 N–H and O–H groups in total. The molecule has 0 heterocycles. The summed E-state index contributed by atoms with van der Waals surface area (Å²) in [5.41, 5.74) is 0. The van der Waals surface area contributed by atoms with E-state index in [1.807, 2.05) is 32.9 Å². The summed E-state index contributed by atoms with van der Waals surface area (Å²) in [6.45, 7) is 13.2. The molecule has 0 saturated heterocycles. The average molecular weight is 442 g/mol. The van der Waals surface area contributed by atoms with Gasteiger partial charge < -0.3 is 4.43 Å². The van der Waals surface area contributed by atoms with Crippen molar-refractivity contribution in [2.75, 3.05) is 6.61 Å².